The lowest BCUT2D eigenvalue weighted by Gasteiger charge is -2.10. The summed E-state index contributed by atoms with van der Waals surface area (Å²) in [6.45, 7) is 8.91. The first-order valence-electron chi connectivity index (χ1n) is 5.70. The molecule has 1 heteroatoms. The average Bonchev–Trinajstić information content (AvgIpc) is 2.59. The van der Waals surface area contributed by atoms with Gasteiger partial charge in [0.05, 0.1) is 0 Å². The second-order valence-electron chi connectivity index (χ2n) is 4.79. The van der Waals surface area contributed by atoms with Gasteiger partial charge < -0.3 is 4.57 Å². The fourth-order valence-electron chi connectivity index (χ4n) is 1.99. The molecule has 0 saturated heterocycles. The van der Waals surface area contributed by atoms with E-state index in [1.54, 1.807) is 0 Å². The monoisotopic (exact) mass is 201 g/mol. The maximum atomic E-state index is 2.32. The molecule has 0 aliphatic heterocycles. The normalized spacial score (nSPS) is 11.9. The molecule has 0 fully saturated rings. The molecular weight excluding hydrogens is 182 g/mol. The number of rotatable bonds is 2. The van der Waals surface area contributed by atoms with Gasteiger partial charge in [0, 0.05) is 17.8 Å². The topological polar surface area (TPSA) is 4.93 Å². The molecule has 2 rings (SSSR count). The largest absolute Gasteiger partial charge is 0.345 e. The van der Waals surface area contributed by atoms with Gasteiger partial charge in [0.25, 0.3) is 0 Å². The van der Waals surface area contributed by atoms with Crippen LogP contribution in [0.1, 0.15) is 45.2 Å². The van der Waals surface area contributed by atoms with E-state index in [1.807, 2.05) is 0 Å². The van der Waals surface area contributed by atoms with Crippen LogP contribution in [-0.2, 0) is 0 Å². The van der Waals surface area contributed by atoms with Gasteiger partial charge in [0.15, 0.2) is 0 Å². The number of hydrogen-bond acceptors (Lipinski definition) is 0. The van der Waals surface area contributed by atoms with Gasteiger partial charge in [0.1, 0.15) is 0 Å². The lowest BCUT2D eigenvalue weighted by molar-refractivity contribution is 0.623. The van der Waals surface area contributed by atoms with E-state index in [2.05, 4.69) is 62.7 Å². The first-order valence-corrected chi connectivity index (χ1v) is 5.70. The maximum Gasteiger partial charge on any atom is 0.0482 e. The van der Waals surface area contributed by atoms with Crippen molar-refractivity contribution in [3.8, 4) is 0 Å². The maximum absolute atomic E-state index is 2.32. The van der Waals surface area contributed by atoms with Crippen LogP contribution in [0.4, 0.5) is 0 Å². The minimum atomic E-state index is 0.535. The van der Waals surface area contributed by atoms with Gasteiger partial charge in [-0.1, -0.05) is 19.9 Å². The highest BCUT2D eigenvalue weighted by Gasteiger charge is 2.05. The Morgan fingerprint density at radius 3 is 2.33 bits per heavy atom. The van der Waals surface area contributed by atoms with Crippen molar-refractivity contribution in [3.63, 3.8) is 0 Å². The van der Waals surface area contributed by atoms with Crippen LogP contribution in [0.5, 0.6) is 0 Å². The number of benzene rings is 1. The molecule has 0 aliphatic rings. The summed E-state index contributed by atoms with van der Waals surface area (Å²) in [7, 11) is 0. The van der Waals surface area contributed by atoms with Crippen LogP contribution in [0.3, 0.4) is 0 Å². The van der Waals surface area contributed by atoms with Crippen LogP contribution in [-0.4, -0.2) is 4.57 Å². The van der Waals surface area contributed by atoms with E-state index in [0.717, 1.165) is 0 Å². The quantitative estimate of drug-likeness (QED) is 0.681. The Morgan fingerprint density at radius 1 is 1.00 bits per heavy atom. The fraction of sp³-hybridized carbons (Fsp3) is 0.429. The summed E-state index contributed by atoms with van der Waals surface area (Å²) >= 11 is 0. The van der Waals surface area contributed by atoms with E-state index >= 15 is 0 Å². The molecule has 1 aromatic heterocycles. The number of fused-ring (bicyclic) bond motifs is 1. The Kier molecular flexibility index (Phi) is 2.56. The van der Waals surface area contributed by atoms with Crippen LogP contribution >= 0.6 is 0 Å². The van der Waals surface area contributed by atoms with Gasteiger partial charge in [-0.05, 0) is 48.9 Å². The Bertz CT molecular complexity index is 463. The van der Waals surface area contributed by atoms with Gasteiger partial charge in [0.2, 0.25) is 0 Å². The molecule has 0 amide bonds. The highest BCUT2D eigenvalue weighted by molar-refractivity contribution is 5.81. The van der Waals surface area contributed by atoms with Crippen molar-refractivity contribution < 1.29 is 0 Å². The van der Waals surface area contributed by atoms with Gasteiger partial charge in [-0.25, -0.2) is 0 Å². The Labute approximate surface area is 91.7 Å². The van der Waals surface area contributed by atoms with E-state index in [1.165, 1.54) is 16.5 Å². The van der Waals surface area contributed by atoms with E-state index < -0.39 is 0 Å². The molecule has 1 heterocycles. The molecule has 0 radical (unpaired) electrons. The second kappa shape index (κ2) is 3.73. The van der Waals surface area contributed by atoms with Gasteiger partial charge >= 0.3 is 0 Å². The molecule has 1 aromatic carbocycles. The number of hydrogen-bond donors (Lipinski definition) is 0. The average molecular weight is 201 g/mol. The first kappa shape index (κ1) is 10.3. The highest BCUT2D eigenvalue weighted by atomic mass is 15.0. The van der Waals surface area contributed by atoms with Crippen LogP contribution in [0.25, 0.3) is 10.9 Å². The van der Waals surface area contributed by atoms with Gasteiger partial charge in [-0.2, -0.15) is 0 Å². The summed E-state index contributed by atoms with van der Waals surface area (Å²) in [5, 5.41) is 1.36. The summed E-state index contributed by atoms with van der Waals surface area (Å²) in [5.41, 5.74) is 2.76. The van der Waals surface area contributed by atoms with Crippen LogP contribution in [0.2, 0.25) is 0 Å². The Balaban J connectivity index is 2.57. The zero-order chi connectivity index (χ0) is 11.0. The molecule has 15 heavy (non-hydrogen) atoms. The van der Waals surface area contributed by atoms with Crippen LogP contribution in [0.15, 0.2) is 30.5 Å². The van der Waals surface area contributed by atoms with Crippen molar-refractivity contribution in [1.82, 2.24) is 4.57 Å². The van der Waals surface area contributed by atoms with Crippen molar-refractivity contribution in [2.75, 3.05) is 0 Å². The Hall–Kier alpha value is -1.24. The molecule has 0 aliphatic carbocycles. The van der Waals surface area contributed by atoms with Crippen LogP contribution < -0.4 is 0 Å². The molecule has 0 unspecified atom stereocenters. The summed E-state index contributed by atoms with van der Waals surface area (Å²) < 4.78 is 2.32. The van der Waals surface area contributed by atoms with Gasteiger partial charge in [-0.3, -0.25) is 0 Å². The molecule has 0 atom stereocenters. The minimum Gasteiger partial charge on any atom is -0.345 e. The zero-order valence-electron chi connectivity index (χ0n) is 9.99. The molecule has 0 bridgehead atoms. The van der Waals surface area contributed by atoms with E-state index in [-0.39, 0.29) is 0 Å². The molecule has 0 N–H and O–H groups in total. The predicted octanol–water partition coefficient (Wildman–Crippen LogP) is 4.35. The Morgan fingerprint density at radius 2 is 1.73 bits per heavy atom. The fourth-order valence-corrected chi connectivity index (χ4v) is 1.99. The third kappa shape index (κ3) is 1.79. The number of nitrogens with zero attached hydrogens (tertiary/aromatic N) is 1. The smallest absolute Gasteiger partial charge is 0.0482 e. The van der Waals surface area contributed by atoms with Crippen LogP contribution in [0, 0.1) is 0 Å². The van der Waals surface area contributed by atoms with E-state index in [0.29, 0.717) is 12.0 Å². The van der Waals surface area contributed by atoms with Crippen molar-refractivity contribution in [2.45, 2.75) is 39.7 Å². The van der Waals surface area contributed by atoms with E-state index in [4.69, 9.17) is 0 Å². The lowest BCUT2D eigenvalue weighted by Crippen LogP contribution is -1.98. The zero-order valence-corrected chi connectivity index (χ0v) is 9.99. The summed E-state index contributed by atoms with van der Waals surface area (Å²) in [5.74, 6) is 0.608. The molecule has 0 saturated carbocycles. The third-order valence-corrected chi connectivity index (χ3v) is 2.97. The van der Waals surface area contributed by atoms with Crippen molar-refractivity contribution in [3.05, 3.63) is 36.0 Å². The lowest BCUT2D eigenvalue weighted by atomic mass is 10.0. The predicted molar refractivity (Wildman–Crippen MR) is 66.4 cm³/mol. The molecule has 80 valence electrons. The standard InChI is InChI=1S/C14H19N/c1-10(2)12-5-6-14-13(9-12)7-8-15(14)11(3)4/h5-11H,1-4H3. The highest BCUT2D eigenvalue weighted by Crippen LogP contribution is 2.24. The minimum absolute atomic E-state index is 0.535. The van der Waals surface area contributed by atoms with Crippen molar-refractivity contribution in [1.29, 1.82) is 0 Å². The SMILES string of the molecule is CC(C)c1ccc2c(ccn2C(C)C)c1. The molecule has 1 nitrogen and oxygen atoms in total. The summed E-state index contributed by atoms with van der Waals surface area (Å²) in [4.78, 5) is 0. The summed E-state index contributed by atoms with van der Waals surface area (Å²) in [6, 6.07) is 9.53. The molecule has 2 aromatic rings. The number of aromatic nitrogens is 1. The van der Waals surface area contributed by atoms with E-state index in [9.17, 15) is 0 Å². The van der Waals surface area contributed by atoms with Crippen molar-refractivity contribution >= 4 is 10.9 Å². The summed E-state index contributed by atoms with van der Waals surface area (Å²) in [6.07, 6.45) is 2.18. The van der Waals surface area contributed by atoms with Gasteiger partial charge in [-0.15, -0.1) is 0 Å². The first-order chi connectivity index (χ1) is 7.09. The molecule has 0 spiro atoms. The second-order valence-corrected chi connectivity index (χ2v) is 4.79. The molecular formula is C14H19N. The third-order valence-electron chi connectivity index (χ3n) is 2.97. The van der Waals surface area contributed by atoms with Crippen molar-refractivity contribution in [2.24, 2.45) is 0 Å².